The van der Waals surface area contributed by atoms with Gasteiger partial charge in [0.1, 0.15) is 17.4 Å². The average Bonchev–Trinajstić information content (AvgIpc) is 3.21. The van der Waals surface area contributed by atoms with Gasteiger partial charge in [0.05, 0.1) is 5.52 Å². The van der Waals surface area contributed by atoms with Crippen LogP contribution in [0, 0.1) is 17.6 Å². The predicted octanol–water partition coefficient (Wildman–Crippen LogP) is 6.18. The molecule has 5 rings (SSSR count). The molecule has 1 N–H and O–H groups in total. The Morgan fingerprint density at radius 2 is 1.90 bits per heavy atom. The second kappa shape index (κ2) is 11.0. The molecular weight excluding hydrogens is 538 g/mol. The number of rotatable bonds is 6. The molecule has 6 nitrogen and oxygen atoms in total. The summed E-state index contributed by atoms with van der Waals surface area (Å²) in [4.78, 5) is 18.7. The van der Waals surface area contributed by atoms with Crippen LogP contribution in [0.2, 0.25) is 0 Å². The fourth-order valence-corrected chi connectivity index (χ4v) is 4.75. The van der Waals surface area contributed by atoms with Gasteiger partial charge in [0.25, 0.3) is 0 Å². The second-order valence-corrected chi connectivity index (χ2v) is 9.19. The Balaban J connectivity index is 1.42. The number of aromatic nitrogens is 2. The summed E-state index contributed by atoms with van der Waals surface area (Å²) in [5, 5.41) is 3.14. The zero-order chi connectivity index (χ0) is 28.4. The summed E-state index contributed by atoms with van der Waals surface area (Å²) in [5.41, 5.74) is 2.38. The van der Waals surface area contributed by atoms with E-state index >= 15 is 0 Å². The molecule has 0 fully saturated rings. The van der Waals surface area contributed by atoms with Gasteiger partial charge in [-0.05, 0) is 53.6 Å². The van der Waals surface area contributed by atoms with E-state index in [2.05, 4.69) is 15.0 Å². The summed E-state index contributed by atoms with van der Waals surface area (Å²) in [6.07, 6.45) is 0.0202. The molecular formula is C28H22F6N4O2. The molecule has 3 heterocycles. The van der Waals surface area contributed by atoms with Crippen molar-refractivity contribution in [2.75, 3.05) is 13.1 Å². The monoisotopic (exact) mass is 560 g/mol. The van der Waals surface area contributed by atoms with Crippen LogP contribution in [0.1, 0.15) is 22.4 Å². The molecule has 12 heteroatoms. The Kier molecular flexibility index (Phi) is 7.53. The quantitative estimate of drug-likeness (QED) is 0.226. The van der Waals surface area contributed by atoms with Gasteiger partial charge < -0.3 is 10.1 Å². The highest BCUT2D eigenvalue weighted by molar-refractivity contribution is 5.96. The van der Waals surface area contributed by atoms with E-state index in [4.69, 9.17) is 0 Å². The van der Waals surface area contributed by atoms with Gasteiger partial charge in [-0.25, -0.2) is 18.6 Å². The van der Waals surface area contributed by atoms with E-state index in [1.165, 1.54) is 41.1 Å². The number of alkyl halides is 3. The maximum absolute atomic E-state index is 14.0. The molecule has 0 aliphatic carbocycles. The minimum absolute atomic E-state index is 0.0128. The van der Waals surface area contributed by atoms with Crippen molar-refractivity contribution in [3.05, 3.63) is 101 Å². The van der Waals surface area contributed by atoms with Crippen molar-refractivity contribution in [3.63, 3.8) is 0 Å². The first-order valence-corrected chi connectivity index (χ1v) is 12.2. The fraction of sp³-hybridized carbons (Fsp3) is 0.214. The van der Waals surface area contributed by atoms with Gasteiger partial charge in [0.2, 0.25) is 5.95 Å². The van der Waals surface area contributed by atoms with Crippen LogP contribution in [0.5, 0.6) is 5.75 Å². The molecule has 0 radical (unpaired) electrons. The van der Waals surface area contributed by atoms with Crippen molar-refractivity contribution < 1.29 is 35.9 Å². The molecule has 0 saturated heterocycles. The van der Waals surface area contributed by atoms with Crippen LogP contribution in [0.4, 0.5) is 31.1 Å². The third kappa shape index (κ3) is 6.12. The zero-order valence-electron chi connectivity index (χ0n) is 20.8. The Labute approximate surface area is 224 Å². The molecule has 40 heavy (non-hydrogen) atoms. The third-order valence-corrected chi connectivity index (χ3v) is 6.49. The maximum Gasteiger partial charge on any atom is 0.573 e. The van der Waals surface area contributed by atoms with Gasteiger partial charge in [-0.15, -0.1) is 13.2 Å². The van der Waals surface area contributed by atoms with Gasteiger partial charge in [-0.2, -0.15) is 4.39 Å². The van der Waals surface area contributed by atoms with Gasteiger partial charge in [0.15, 0.2) is 0 Å². The number of fused-ring (bicyclic) bond motifs is 3. The first-order valence-electron chi connectivity index (χ1n) is 12.2. The van der Waals surface area contributed by atoms with E-state index < -0.39 is 35.7 Å². The van der Waals surface area contributed by atoms with Crippen LogP contribution in [0.15, 0.2) is 60.8 Å². The topological polar surface area (TPSA) is 59.4 Å². The van der Waals surface area contributed by atoms with Crippen molar-refractivity contribution in [1.82, 2.24) is 19.8 Å². The van der Waals surface area contributed by atoms with Crippen LogP contribution in [0.25, 0.3) is 17.0 Å². The number of amides is 1. The van der Waals surface area contributed by atoms with Crippen molar-refractivity contribution in [1.29, 1.82) is 0 Å². The number of benzene rings is 2. The van der Waals surface area contributed by atoms with E-state index in [-0.39, 0.29) is 12.1 Å². The third-order valence-electron chi connectivity index (χ3n) is 6.49. The number of pyridine rings is 1. The lowest BCUT2D eigenvalue weighted by molar-refractivity contribution is -0.274. The second-order valence-electron chi connectivity index (χ2n) is 9.19. The van der Waals surface area contributed by atoms with Gasteiger partial charge >= 0.3 is 12.4 Å². The molecule has 1 aliphatic heterocycles. The molecule has 0 saturated carbocycles. The molecule has 4 aromatic rings. The molecule has 0 bridgehead atoms. The maximum atomic E-state index is 14.0. The Morgan fingerprint density at radius 1 is 1.07 bits per heavy atom. The van der Waals surface area contributed by atoms with Crippen LogP contribution >= 0.6 is 0 Å². The zero-order valence-corrected chi connectivity index (χ0v) is 20.8. The summed E-state index contributed by atoms with van der Waals surface area (Å²) in [6.45, 7) is 1.20. The highest BCUT2D eigenvalue weighted by Crippen LogP contribution is 2.35. The number of carbonyl (C=O) groups excluding carboxylic acids is 1. The van der Waals surface area contributed by atoms with Crippen molar-refractivity contribution in [2.45, 2.75) is 25.9 Å². The van der Waals surface area contributed by atoms with Crippen LogP contribution in [-0.4, -0.2) is 39.9 Å². The van der Waals surface area contributed by atoms with E-state index in [9.17, 15) is 31.1 Å². The SMILES string of the molecule is O=C(NCc1ccnc(F)c1)n1c2c(c3cc(OC(F)(F)F)ccc31)CN(C/C=C/c1ccc(F)cc1F)CC2. The molecule has 0 unspecified atom stereocenters. The lowest BCUT2D eigenvalue weighted by atomic mass is 10.0. The molecule has 2 aromatic heterocycles. The Bertz CT molecular complexity index is 1600. The number of ether oxygens (including phenoxy) is 1. The smallest absolute Gasteiger partial charge is 0.406 e. The number of hydrogen-bond acceptors (Lipinski definition) is 4. The minimum Gasteiger partial charge on any atom is -0.406 e. The van der Waals surface area contributed by atoms with Gasteiger partial charge in [0, 0.05) is 61.5 Å². The molecule has 0 spiro atoms. The van der Waals surface area contributed by atoms with Crippen molar-refractivity contribution in [3.8, 4) is 5.75 Å². The highest BCUT2D eigenvalue weighted by atomic mass is 19.4. The van der Waals surface area contributed by atoms with Gasteiger partial charge in [-0.3, -0.25) is 9.47 Å². The standard InChI is InChI=1S/C28H22F6N4O2/c29-19-4-3-18(23(30)13-19)2-1-10-37-11-8-25-22(16-37)21-14-20(40-28(32,33)34)5-6-24(21)38(25)27(39)36-15-17-7-9-35-26(31)12-17/h1-7,9,12-14H,8,10-11,15-16H2,(H,36,39)/b2-1+. The minimum atomic E-state index is -4.89. The van der Waals surface area contributed by atoms with E-state index in [0.717, 1.165) is 18.2 Å². The fourth-order valence-electron chi connectivity index (χ4n) is 4.75. The Morgan fingerprint density at radius 3 is 2.65 bits per heavy atom. The van der Waals surface area contributed by atoms with Crippen LogP contribution < -0.4 is 10.1 Å². The number of nitrogens with zero attached hydrogens (tertiary/aromatic N) is 3. The largest absolute Gasteiger partial charge is 0.573 e. The summed E-state index contributed by atoms with van der Waals surface area (Å²) < 4.78 is 84.8. The summed E-state index contributed by atoms with van der Waals surface area (Å²) >= 11 is 0. The number of carbonyl (C=O) groups is 1. The van der Waals surface area contributed by atoms with Crippen molar-refractivity contribution in [2.24, 2.45) is 0 Å². The van der Waals surface area contributed by atoms with E-state index in [1.54, 1.807) is 12.1 Å². The number of hydrogen-bond donors (Lipinski definition) is 1. The molecule has 2 aromatic carbocycles. The Hall–Kier alpha value is -4.32. The number of halogens is 6. The number of nitrogens with one attached hydrogen (secondary N) is 1. The highest BCUT2D eigenvalue weighted by Gasteiger charge is 2.32. The first-order chi connectivity index (χ1) is 19.1. The molecule has 208 valence electrons. The summed E-state index contributed by atoms with van der Waals surface area (Å²) in [5.74, 6) is -2.49. The predicted molar refractivity (Wildman–Crippen MR) is 135 cm³/mol. The van der Waals surface area contributed by atoms with E-state index in [0.29, 0.717) is 53.8 Å². The molecule has 1 aliphatic rings. The lowest BCUT2D eigenvalue weighted by Gasteiger charge is -2.27. The van der Waals surface area contributed by atoms with Gasteiger partial charge in [-0.1, -0.05) is 12.2 Å². The first kappa shape index (κ1) is 27.3. The van der Waals surface area contributed by atoms with E-state index in [1.807, 2.05) is 4.90 Å². The van der Waals surface area contributed by atoms with Crippen LogP contribution in [0.3, 0.4) is 0 Å². The summed E-state index contributed by atoms with van der Waals surface area (Å²) in [6, 6.07) is 9.27. The van der Waals surface area contributed by atoms with Crippen molar-refractivity contribution >= 4 is 23.0 Å². The van der Waals surface area contributed by atoms with Crippen LogP contribution in [-0.2, 0) is 19.5 Å². The normalized spacial score (nSPS) is 14.1. The molecule has 1 amide bonds. The lowest BCUT2D eigenvalue weighted by Crippen LogP contribution is -2.34. The summed E-state index contributed by atoms with van der Waals surface area (Å²) in [7, 11) is 0. The molecule has 0 atom stereocenters. The average molecular weight is 560 g/mol.